The van der Waals surface area contributed by atoms with E-state index in [1.54, 1.807) is 0 Å². The number of amides is 1. The van der Waals surface area contributed by atoms with Crippen molar-refractivity contribution >= 4 is 5.91 Å². The molecule has 1 unspecified atom stereocenters. The van der Waals surface area contributed by atoms with Crippen LogP contribution in [0, 0.1) is 5.92 Å². The van der Waals surface area contributed by atoms with Crippen molar-refractivity contribution in [3.63, 3.8) is 0 Å². The first-order valence-corrected chi connectivity index (χ1v) is 7.35. The molecule has 0 aliphatic heterocycles. The first kappa shape index (κ1) is 15.7. The van der Waals surface area contributed by atoms with Crippen molar-refractivity contribution in [3.05, 3.63) is 35.1 Å². The Morgan fingerprint density at radius 2 is 2.05 bits per heavy atom. The van der Waals surface area contributed by atoms with Crippen molar-refractivity contribution < 1.29 is 4.79 Å². The maximum atomic E-state index is 12.3. The summed E-state index contributed by atoms with van der Waals surface area (Å²) in [4.78, 5) is 12.3. The standard InChI is InChI=1S/C17H27NO/c1-6-9-14-10-12(4)13(5)16(15(7-2)11-14)17(19)18-8-3/h8,14H,3,6-7,9-11H2,1-2,4-5H3,(H,18,19). The SMILES string of the molecule is C=CNC(=O)C1=C(CC)CC(CCC)CC(C)=C1C. The lowest BCUT2D eigenvalue weighted by atomic mass is 9.90. The van der Waals surface area contributed by atoms with E-state index in [1.165, 1.54) is 30.2 Å². The van der Waals surface area contributed by atoms with Crippen LogP contribution in [0.15, 0.2) is 35.1 Å². The molecule has 0 saturated heterocycles. The van der Waals surface area contributed by atoms with Crippen molar-refractivity contribution in [2.24, 2.45) is 5.92 Å². The van der Waals surface area contributed by atoms with Gasteiger partial charge in [0.15, 0.2) is 0 Å². The molecule has 1 atom stereocenters. The van der Waals surface area contributed by atoms with E-state index in [2.05, 4.69) is 39.6 Å². The van der Waals surface area contributed by atoms with Crippen LogP contribution in [0.1, 0.15) is 59.8 Å². The first-order chi connectivity index (χ1) is 9.04. The lowest BCUT2D eigenvalue weighted by Crippen LogP contribution is -2.21. The van der Waals surface area contributed by atoms with Crippen molar-refractivity contribution in [2.45, 2.75) is 59.8 Å². The molecule has 0 heterocycles. The number of hydrogen-bond acceptors (Lipinski definition) is 1. The third kappa shape index (κ3) is 3.82. The number of hydrogen-bond donors (Lipinski definition) is 1. The minimum atomic E-state index is 0.000786. The molecule has 19 heavy (non-hydrogen) atoms. The molecule has 0 spiro atoms. The highest BCUT2D eigenvalue weighted by molar-refractivity contribution is 5.99. The summed E-state index contributed by atoms with van der Waals surface area (Å²) in [5, 5.41) is 2.74. The molecule has 1 rings (SSSR count). The van der Waals surface area contributed by atoms with Gasteiger partial charge >= 0.3 is 0 Å². The number of carbonyl (C=O) groups excluding carboxylic acids is 1. The van der Waals surface area contributed by atoms with E-state index < -0.39 is 0 Å². The molecule has 2 nitrogen and oxygen atoms in total. The minimum absolute atomic E-state index is 0.000786. The summed E-state index contributed by atoms with van der Waals surface area (Å²) in [6, 6.07) is 0. The third-order valence-corrected chi connectivity index (χ3v) is 4.08. The van der Waals surface area contributed by atoms with Crippen LogP contribution in [0.2, 0.25) is 0 Å². The Morgan fingerprint density at radius 1 is 1.37 bits per heavy atom. The van der Waals surface area contributed by atoms with Crippen LogP contribution in [0.25, 0.3) is 0 Å². The molecule has 2 heteroatoms. The Labute approximate surface area is 117 Å². The molecule has 0 aromatic rings. The van der Waals surface area contributed by atoms with E-state index in [0.717, 1.165) is 30.4 Å². The van der Waals surface area contributed by atoms with E-state index in [9.17, 15) is 4.79 Å². The molecule has 0 fully saturated rings. The van der Waals surface area contributed by atoms with E-state index in [-0.39, 0.29) is 5.91 Å². The van der Waals surface area contributed by atoms with Crippen LogP contribution in [-0.4, -0.2) is 5.91 Å². The molecule has 1 amide bonds. The van der Waals surface area contributed by atoms with Gasteiger partial charge in [-0.2, -0.15) is 0 Å². The van der Waals surface area contributed by atoms with E-state index in [0.29, 0.717) is 5.92 Å². The van der Waals surface area contributed by atoms with Crippen molar-refractivity contribution in [1.82, 2.24) is 5.32 Å². The highest BCUT2D eigenvalue weighted by atomic mass is 16.1. The Kier molecular flexibility index (Phi) is 6.07. The van der Waals surface area contributed by atoms with Gasteiger partial charge in [-0.25, -0.2) is 0 Å². The van der Waals surface area contributed by atoms with E-state index in [4.69, 9.17) is 0 Å². The molecule has 0 bridgehead atoms. The van der Waals surface area contributed by atoms with Crippen molar-refractivity contribution in [2.75, 3.05) is 0 Å². The number of carbonyl (C=O) groups is 1. The molecule has 0 aromatic heterocycles. The Balaban J connectivity index is 3.20. The van der Waals surface area contributed by atoms with Gasteiger partial charge in [0, 0.05) is 5.57 Å². The van der Waals surface area contributed by atoms with Crippen LogP contribution in [-0.2, 0) is 4.79 Å². The van der Waals surface area contributed by atoms with Crippen LogP contribution < -0.4 is 5.32 Å². The summed E-state index contributed by atoms with van der Waals surface area (Å²) in [6.45, 7) is 12.2. The molecular formula is C17H27NO. The quantitative estimate of drug-likeness (QED) is 0.775. The maximum absolute atomic E-state index is 12.3. The van der Waals surface area contributed by atoms with E-state index in [1.807, 2.05) is 0 Å². The molecule has 0 radical (unpaired) electrons. The van der Waals surface area contributed by atoms with Crippen LogP contribution in [0.5, 0.6) is 0 Å². The summed E-state index contributed by atoms with van der Waals surface area (Å²) < 4.78 is 0. The monoisotopic (exact) mass is 261 g/mol. The fourth-order valence-corrected chi connectivity index (χ4v) is 3.02. The van der Waals surface area contributed by atoms with Gasteiger partial charge < -0.3 is 5.32 Å². The van der Waals surface area contributed by atoms with Crippen LogP contribution in [0.4, 0.5) is 0 Å². The smallest absolute Gasteiger partial charge is 0.255 e. The zero-order valence-electron chi connectivity index (χ0n) is 12.8. The highest BCUT2D eigenvalue weighted by Crippen LogP contribution is 2.35. The van der Waals surface area contributed by atoms with Gasteiger partial charge in [0.05, 0.1) is 0 Å². The second-order valence-electron chi connectivity index (χ2n) is 5.48. The summed E-state index contributed by atoms with van der Waals surface area (Å²) in [7, 11) is 0. The summed E-state index contributed by atoms with van der Waals surface area (Å²) in [5.41, 5.74) is 4.72. The average molecular weight is 261 g/mol. The van der Waals surface area contributed by atoms with Gasteiger partial charge in [0.1, 0.15) is 0 Å². The zero-order valence-corrected chi connectivity index (χ0v) is 12.8. The van der Waals surface area contributed by atoms with Crippen LogP contribution >= 0.6 is 0 Å². The van der Waals surface area contributed by atoms with Gasteiger partial charge in [-0.15, -0.1) is 0 Å². The molecular weight excluding hydrogens is 234 g/mol. The summed E-state index contributed by atoms with van der Waals surface area (Å²) >= 11 is 0. The Bertz CT molecular complexity index is 415. The predicted molar refractivity (Wildman–Crippen MR) is 81.7 cm³/mol. The summed E-state index contributed by atoms with van der Waals surface area (Å²) in [5.74, 6) is 0.685. The van der Waals surface area contributed by atoms with Crippen molar-refractivity contribution in [1.29, 1.82) is 0 Å². The number of rotatable bonds is 5. The number of nitrogens with one attached hydrogen (secondary N) is 1. The fraction of sp³-hybridized carbons (Fsp3) is 0.588. The van der Waals surface area contributed by atoms with E-state index >= 15 is 0 Å². The highest BCUT2D eigenvalue weighted by Gasteiger charge is 2.24. The fourth-order valence-electron chi connectivity index (χ4n) is 3.02. The van der Waals surface area contributed by atoms with Gasteiger partial charge in [0.2, 0.25) is 0 Å². The zero-order chi connectivity index (χ0) is 14.4. The van der Waals surface area contributed by atoms with Gasteiger partial charge in [-0.05, 0) is 50.8 Å². The predicted octanol–water partition coefficient (Wildman–Crippen LogP) is 4.50. The van der Waals surface area contributed by atoms with Gasteiger partial charge in [-0.3, -0.25) is 4.79 Å². The molecule has 0 saturated carbocycles. The molecule has 1 aliphatic rings. The number of allylic oxidation sites excluding steroid dienone is 2. The van der Waals surface area contributed by atoms with Crippen LogP contribution in [0.3, 0.4) is 0 Å². The molecule has 1 aliphatic carbocycles. The lowest BCUT2D eigenvalue weighted by molar-refractivity contribution is -0.116. The third-order valence-electron chi connectivity index (χ3n) is 4.08. The second kappa shape index (κ2) is 7.32. The molecule has 1 N–H and O–H groups in total. The molecule has 106 valence electrons. The maximum Gasteiger partial charge on any atom is 0.255 e. The minimum Gasteiger partial charge on any atom is -0.329 e. The molecule has 0 aromatic carbocycles. The van der Waals surface area contributed by atoms with Gasteiger partial charge in [-0.1, -0.05) is 44.4 Å². The Hall–Kier alpha value is -1.31. The van der Waals surface area contributed by atoms with Crippen molar-refractivity contribution in [3.8, 4) is 0 Å². The van der Waals surface area contributed by atoms with Gasteiger partial charge in [0.25, 0.3) is 5.91 Å². The second-order valence-corrected chi connectivity index (χ2v) is 5.48. The Morgan fingerprint density at radius 3 is 2.58 bits per heavy atom. The normalized spacial score (nSPS) is 20.3. The summed E-state index contributed by atoms with van der Waals surface area (Å²) in [6.07, 6.45) is 7.05. The average Bonchev–Trinajstić information content (AvgIpc) is 2.48. The largest absolute Gasteiger partial charge is 0.329 e. The lowest BCUT2D eigenvalue weighted by Gasteiger charge is -2.16. The topological polar surface area (TPSA) is 29.1 Å². The first-order valence-electron chi connectivity index (χ1n) is 7.35.